The van der Waals surface area contributed by atoms with Gasteiger partial charge < -0.3 is 10.6 Å². The molecule has 0 aliphatic carbocycles. The molecule has 2 N–H and O–H groups in total. The summed E-state index contributed by atoms with van der Waals surface area (Å²) in [5.41, 5.74) is -0.263. The summed E-state index contributed by atoms with van der Waals surface area (Å²) in [5.74, 6) is -0.636. The zero-order valence-electron chi connectivity index (χ0n) is 10.3. The summed E-state index contributed by atoms with van der Waals surface area (Å²) in [5, 5.41) is 5.29. The van der Waals surface area contributed by atoms with E-state index in [4.69, 9.17) is 0 Å². The van der Waals surface area contributed by atoms with Crippen LogP contribution < -0.4 is 10.6 Å². The Morgan fingerprint density at radius 1 is 1.06 bits per heavy atom. The molecule has 16 heavy (non-hydrogen) atoms. The topological polar surface area (TPSA) is 75.3 Å². The van der Waals surface area contributed by atoms with Crippen molar-refractivity contribution in [3.63, 3.8) is 0 Å². The lowest BCUT2D eigenvalue weighted by atomic mass is 10.1. The zero-order chi connectivity index (χ0) is 12.8. The average Bonchev–Trinajstić information content (AvgIpc) is 1.98. The fourth-order valence-corrected chi connectivity index (χ4v) is 1.08. The van der Waals surface area contributed by atoms with E-state index in [2.05, 4.69) is 10.6 Å². The monoisotopic (exact) mass is 228 g/mol. The third kappa shape index (κ3) is 9.18. The highest BCUT2D eigenvalue weighted by molar-refractivity contribution is 5.96. The van der Waals surface area contributed by atoms with Gasteiger partial charge in [0.15, 0.2) is 0 Å². The highest BCUT2D eigenvalue weighted by atomic mass is 16.2. The number of carbonyl (C=O) groups is 3. The number of ketones is 1. The lowest BCUT2D eigenvalue weighted by Crippen LogP contribution is -2.42. The van der Waals surface area contributed by atoms with Crippen LogP contribution in [0.3, 0.4) is 0 Å². The van der Waals surface area contributed by atoms with E-state index in [1.807, 2.05) is 20.8 Å². The summed E-state index contributed by atoms with van der Waals surface area (Å²) >= 11 is 0. The van der Waals surface area contributed by atoms with Crippen LogP contribution in [0.25, 0.3) is 0 Å². The second kappa shape index (κ2) is 6.25. The van der Waals surface area contributed by atoms with Crippen molar-refractivity contribution < 1.29 is 14.4 Å². The molecule has 0 aliphatic rings. The van der Waals surface area contributed by atoms with Crippen molar-refractivity contribution in [3.8, 4) is 0 Å². The van der Waals surface area contributed by atoms with Crippen molar-refractivity contribution in [2.24, 2.45) is 0 Å². The zero-order valence-corrected chi connectivity index (χ0v) is 10.3. The second-order valence-corrected chi connectivity index (χ2v) is 4.78. The first-order valence-electron chi connectivity index (χ1n) is 5.28. The van der Waals surface area contributed by atoms with Crippen LogP contribution in [0.15, 0.2) is 0 Å². The Bertz CT molecular complexity index is 279. The maximum absolute atomic E-state index is 11.3. The maximum atomic E-state index is 11.3. The quantitative estimate of drug-likeness (QED) is 0.668. The molecule has 0 bridgehead atoms. The lowest BCUT2D eigenvalue weighted by Gasteiger charge is -2.20. The Hall–Kier alpha value is -1.39. The number of hydrogen-bond acceptors (Lipinski definition) is 3. The average molecular weight is 228 g/mol. The minimum atomic E-state index is -0.337. The van der Waals surface area contributed by atoms with Crippen LogP contribution >= 0.6 is 0 Å². The van der Waals surface area contributed by atoms with Gasteiger partial charge in [0, 0.05) is 18.5 Å². The molecular formula is C11H20N2O3. The van der Waals surface area contributed by atoms with Gasteiger partial charge in [-0.15, -0.1) is 0 Å². The molecular weight excluding hydrogens is 208 g/mol. The first-order chi connectivity index (χ1) is 7.20. The van der Waals surface area contributed by atoms with Gasteiger partial charge in [-0.25, -0.2) is 0 Å². The molecule has 0 unspecified atom stereocenters. The smallest absolute Gasteiger partial charge is 0.227 e. The predicted molar refractivity (Wildman–Crippen MR) is 60.8 cm³/mol. The fourth-order valence-electron chi connectivity index (χ4n) is 1.08. The Morgan fingerprint density at radius 3 is 2.06 bits per heavy atom. The van der Waals surface area contributed by atoms with Crippen LogP contribution in [-0.2, 0) is 14.4 Å². The van der Waals surface area contributed by atoms with Crippen molar-refractivity contribution in [2.45, 2.75) is 46.1 Å². The highest BCUT2D eigenvalue weighted by Crippen LogP contribution is 1.98. The third-order valence-electron chi connectivity index (χ3n) is 1.60. The molecule has 0 aromatic rings. The van der Waals surface area contributed by atoms with Crippen molar-refractivity contribution in [1.82, 2.24) is 10.6 Å². The van der Waals surface area contributed by atoms with E-state index in [1.54, 1.807) is 0 Å². The molecule has 0 spiro atoms. The van der Waals surface area contributed by atoms with Gasteiger partial charge in [-0.2, -0.15) is 0 Å². The summed E-state index contributed by atoms with van der Waals surface area (Å²) < 4.78 is 0. The number of rotatable bonds is 5. The summed E-state index contributed by atoms with van der Waals surface area (Å²) in [6, 6.07) is 0. The molecule has 0 saturated heterocycles. The number of hydrogen-bond donors (Lipinski definition) is 2. The molecule has 0 aromatic carbocycles. The Kier molecular flexibility index (Phi) is 5.71. The largest absolute Gasteiger partial charge is 0.355 e. The second-order valence-electron chi connectivity index (χ2n) is 4.78. The Labute approximate surface area is 96.0 Å². The SMILES string of the molecule is CC(=O)CC(=O)NCCC(=O)NC(C)(C)C. The van der Waals surface area contributed by atoms with E-state index in [1.165, 1.54) is 6.92 Å². The Morgan fingerprint density at radius 2 is 1.62 bits per heavy atom. The van der Waals surface area contributed by atoms with Crippen molar-refractivity contribution in [1.29, 1.82) is 0 Å². The molecule has 2 amide bonds. The minimum absolute atomic E-state index is 0.115. The van der Waals surface area contributed by atoms with Crippen molar-refractivity contribution in [2.75, 3.05) is 6.54 Å². The first kappa shape index (κ1) is 14.6. The van der Waals surface area contributed by atoms with E-state index in [9.17, 15) is 14.4 Å². The Balaban J connectivity index is 3.70. The molecule has 0 rings (SSSR count). The van der Waals surface area contributed by atoms with Crippen LogP contribution in [0.2, 0.25) is 0 Å². The van der Waals surface area contributed by atoms with E-state index in [-0.39, 0.29) is 42.5 Å². The summed E-state index contributed by atoms with van der Waals surface area (Å²) in [7, 11) is 0. The predicted octanol–water partition coefficient (Wildman–Crippen LogP) is 0.386. The molecule has 0 radical (unpaired) electrons. The van der Waals surface area contributed by atoms with Crippen LogP contribution in [0.1, 0.15) is 40.5 Å². The number of carbonyl (C=O) groups excluding carboxylic acids is 3. The molecule has 5 heteroatoms. The van der Waals surface area contributed by atoms with Gasteiger partial charge in [0.1, 0.15) is 5.78 Å². The molecule has 0 saturated carbocycles. The summed E-state index contributed by atoms with van der Waals surface area (Å²) in [6.07, 6.45) is 0.0990. The van der Waals surface area contributed by atoms with Gasteiger partial charge in [0.05, 0.1) is 6.42 Å². The van der Waals surface area contributed by atoms with Gasteiger partial charge in [-0.3, -0.25) is 14.4 Å². The fraction of sp³-hybridized carbons (Fsp3) is 0.727. The molecule has 0 aromatic heterocycles. The number of nitrogens with one attached hydrogen (secondary N) is 2. The van der Waals surface area contributed by atoms with E-state index < -0.39 is 0 Å². The number of Topliss-reactive ketones (excluding diaryl/α,β-unsaturated/α-hetero) is 1. The van der Waals surface area contributed by atoms with Crippen LogP contribution in [-0.4, -0.2) is 29.7 Å². The summed E-state index contributed by atoms with van der Waals surface area (Å²) in [4.78, 5) is 33.0. The van der Waals surface area contributed by atoms with E-state index in [0.29, 0.717) is 0 Å². The molecule has 0 aliphatic heterocycles. The summed E-state index contributed by atoms with van der Waals surface area (Å²) in [6.45, 7) is 7.28. The van der Waals surface area contributed by atoms with E-state index in [0.717, 1.165) is 0 Å². The molecule has 92 valence electrons. The molecule has 0 heterocycles. The van der Waals surface area contributed by atoms with Crippen LogP contribution in [0, 0.1) is 0 Å². The molecule has 0 fully saturated rings. The first-order valence-corrected chi connectivity index (χ1v) is 5.28. The van der Waals surface area contributed by atoms with Gasteiger partial charge in [0.2, 0.25) is 11.8 Å². The standard InChI is InChI=1S/C11H20N2O3/c1-8(14)7-10(16)12-6-5-9(15)13-11(2,3)4/h5-7H2,1-4H3,(H,12,16)(H,13,15). The van der Waals surface area contributed by atoms with Gasteiger partial charge >= 0.3 is 0 Å². The maximum Gasteiger partial charge on any atom is 0.227 e. The number of amides is 2. The van der Waals surface area contributed by atoms with Gasteiger partial charge in [-0.1, -0.05) is 0 Å². The lowest BCUT2D eigenvalue weighted by molar-refractivity contribution is -0.127. The van der Waals surface area contributed by atoms with E-state index >= 15 is 0 Å². The van der Waals surface area contributed by atoms with Crippen molar-refractivity contribution >= 4 is 17.6 Å². The molecule has 0 atom stereocenters. The van der Waals surface area contributed by atoms with Crippen LogP contribution in [0.4, 0.5) is 0 Å². The molecule has 5 nitrogen and oxygen atoms in total. The third-order valence-corrected chi connectivity index (χ3v) is 1.60. The van der Waals surface area contributed by atoms with Gasteiger partial charge in [0.25, 0.3) is 0 Å². The van der Waals surface area contributed by atoms with Crippen LogP contribution in [0.5, 0.6) is 0 Å². The normalized spacial score (nSPS) is 10.8. The van der Waals surface area contributed by atoms with Gasteiger partial charge in [-0.05, 0) is 27.7 Å². The van der Waals surface area contributed by atoms with Crippen molar-refractivity contribution in [3.05, 3.63) is 0 Å². The highest BCUT2D eigenvalue weighted by Gasteiger charge is 2.13. The minimum Gasteiger partial charge on any atom is -0.355 e.